The van der Waals surface area contributed by atoms with Gasteiger partial charge in [0.25, 0.3) is 5.69 Å². The van der Waals surface area contributed by atoms with Crippen molar-refractivity contribution < 1.29 is 14.5 Å². The lowest BCUT2D eigenvalue weighted by Crippen LogP contribution is -2.33. The number of nitrogens with two attached hydrogens (primary N) is 1. The number of carbonyl (C=O) groups is 1. The van der Waals surface area contributed by atoms with E-state index in [0.717, 1.165) is 0 Å². The Bertz CT molecular complexity index is 1180. The number of ether oxygens (including phenoxy) is 1. The number of nitro benzene ring substituents is 1. The van der Waals surface area contributed by atoms with E-state index in [0.29, 0.717) is 35.6 Å². The number of ketones is 1. The van der Waals surface area contributed by atoms with Crippen molar-refractivity contribution in [3.05, 3.63) is 69.1 Å². The molecule has 0 saturated heterocycles. The van der Waals surface area contributed by atoms with Crippen LogP contribution in [0.25, 0.3) is 5.69 Å². The Labute approximate surface area is 171 Å². The Morgan fingerprint density at radius 1 is 1.40 bits per heavy atom. The van der Waals surface area contributed by atoms with Crippen LogP contribution in [-0.2, 0) is 9.53 Å². The highest BCUT2D eigenvalue weighted by Crippen LogP contribution is 2.47. The van der Waals surface area contributed by atoms with E-state index in [1.54, 1.807) is 6.07 Å². The van der Waals surface area contributed by atoms with E-state index in [-0.39, 0.29) is 28.3 Å². The third-order valence-electron chi connectivity index (χ3n) is 5.19. The second-order valence-corrected chi connectivity index (χ2v) is 8.07. The maximum absolute atomic E-state index is 13.0. The maximum Gasteiger partial charge on any atom is 0.271 e. The molecule has 0 fully saturated rings. The van der Waals surface area contributed by atoms with Gasteiger partial charge in [0.1, 0.15) is 17.4 Å². The second kappa shape index (κ2) is 6.81. The van der Waals surface area contributed by atoms with Gasteiger partial charge in [0.15, 0.2) is 5.78 Å². The third kappa shape index (κ3) is 3.20. The predicted molar refractivity (Wildman–Crippen MR) is 104 cm³/mol. The number of hydrogen-bond donors (Lipinski definition) is 1. The number of nitro groups is 1. The number of nitrogens with zero attached hydrogens (tertiary/aromatic N) is 5. The SMILES string of the molecule is CC1(C)CC(=O)C2=C(C1)OC(N)=C(C#N)C2c1cn(-c2cccc([N+](=O)[O-])c2)nn1. The van der Waals surface area contributed by atoms with E-state index < -0.39 is 10.8 Å². The van der Waals surface area contributed by atoms with Crippen LogP contribution in [0.5, 0.6) is 0 Å². The summed E-state index contributed by atoms with van der Waals surface area (Å²) in [5, 5.41) is 28.9. The Kier molecular flexibility index (Phi) is 4.38. The van der Waals surface area contributed by atoms with E-state index in [4.69, 9.17) is 10.5 Å². The Hall–Kier alpha value is -4.00. The van der Waals surface area contributed by atoms with Crippen LogP contribution in [-0.4, -0.2) is 25.7 Å². The van der Waals surface area contributed by atoms with Crippen LogP contribution in [0.2, 0.25) is 0 Å². The van der Waals surface area contributed by atoms with Gasteiger partial charge in [0.05, 0.1) is 28.4 Å². The zero-order valence-corrected chi connectivity index (χ0v) is 16.3. The molecule has 2 aliphatic rings. The van der Waals surface area contributed by atoms with Crippen molar-refractivity contribution in [2.45, 2.75) is 32.6 Å². The molecule has 10 nitrogen and oxygen atoms in total. The molecular formula is C20H18N6O4. The number of benzene rings is 1. The standard InChI is InChI=1S/C20H18N6O4/c1-20(2)7-15(27)18-16(8-20)30-19(22)13(9-21)17(18)14-10-25(24-23-14)11-4-3-5-12(6-11)26(28)29/h3-6,10,17H,7-8,22H2,1-2H3. The third-order valence-corrected chi connectivity index (χ3v) is 5.19. The molecule has 152 valence electrons. The fraction of sp³-hybridized carbons (Fsp3) is 0.300. The van der Waals surface area contributed by atoms with Crippen LogP contribution in [0.3, 0.4) is 0 Å². The van der Waals surface area contributed by atoms with Crippen molar-refractivity contribution in [3.63, 3.8) is 0 Å². The first-order valence-electron chi connectivity index (χ1n) is 9.21. The van der Waals surface area contributed by atoms with Gasteiger partial charge in [-0.3, -0.25) is 14.9 Å². The largest absolute Gasteiger partial charge is 0.444 e. The molecule has 0 radical (unpaired) electrons. The fourth-order valence-corrected chi connectivity index (χ4v) is 3.86. The van der Waals surface area contributed by atoms with Crippen LogP contribution in [0.4, 0.5) is 5.69 Å². The van der Waals surface area contributed by atoms with Crippen LogP contribution in [0, 0.1) is 26.9 Å². The minimum atomic E-state index is -0.796. The lowest BCUT2D eigenvalue weighted by molar-refractivity contribution is -0.384. The lowest BCUT2D eigenvalue weighted by atomic mass is 9.71. The summed E-state index contributed by atoms with van der Waals surface area (Å²) in [6.45, 7) is 3.93. The molecular weight excluding hydrogens is 388 g/mol. The zero-order valence-electron chi connectivity index (χ0n) is 16.3. The fourth-order valence-electron chi connectivity index (χ4n) is 3.86. The highest BCUT2D eigenvalue weighted by molar-refractivity contribution is 5.99. The van der Waals surface area contributed by atoms with Gasteiger partial charge in [0, 0.05) is 30.5 Å². The van der Waals surface area contributed by atoms with Crippen molar-refractivity contribution >= 4 is 11.5 Å². The number of hydrogen-bond acceptors (Lipinski definition) is 8. The van der Waals surface area contributed by atoms with Crippen molar-refractivity contribution in [2.75, 3.05) is 0 Å². The van der Waals surface area contributed by atoms with E-state index in [9.17, 15) is 20.2 Å². The number of aromatic nitrogens is 3. The molecule has 1 aromatic carbocycles. The highest BCUT2D eigenvalue weighted by atomic mass is 16.6. The van der Waals surface area contributed by atoms with Gasteiger partial charge in [0.2, 0.25) is 5.88 Å². The molecule has 0 spiro atoms. The monoisotopic (exact) mass is 406 g/mol. The van der Waals surface area contributed by atoms with E-state index >= 15 is 0 Å². The van der Waals surface area contributed by atoms with Gasteiger partial charge < -0.3 is 10.5 Å². The Morgan fingerprint density at radius 3 is 2.87 bits per heavy atom. The molecule has 2 aromatic rings. The van der Waals surface area contributed by atoms with E-state index in [1.165, 1.54) is 29.1 Å². The molecule has 2 N–H and O–H groups in total. The second-order valence-electron chi connectivity index (χ2n) is 8.07. The van der Waals surface area contributed by atoms with Gasteiger partial charge in [-0.25, -0.2) is 4.68 Å². The number of nitriles is 1. The number of allylic oxidation sites excluding steroid dienone is 3. The van der Waals surface area contributed by atoms with Crippen molar-refractivity contribution in [1.29, 1.82) is 5.26 Å². The maximum atomic E-state index is 13.0. The molecule has 4 rings (SSSR count). The molecule has 1 atom stereocenters. The molecule has 2 heterocycles. The minimum Gasteiger partial charge on any atom is -0.444 e. The van der Waals surface area contributed by atoms with Gasteiger partial charge in [-0.15, -0.1) is 5.10 Å². The molecule has 0 saturated carbocycles. The highest BCUT2D eigenvalue weighted by Gasteiger charge is 2.44. The zero-order chi connectivity index (χ0) is 21.6. The van der Waals surface area contributed by atoms with E-state index in [2.05, 4.69) is 10.3 Å². The molecule has 30 heavy (non-hydrogen) atoms. The summed E-state index contributed by atoms with van der Waals surface area (Å²) >= 11 is 0. The molecule has 0 amide bonds. The van der Waals surface area contributed by atoms with Crippen LogP contribution < -0.4 is 5.73 Å². The average Bonchev–Trinajstić information content (AvgIpc) is 3.16. The first-order valence-corrected chi connectivity index (χ1v) is 9.21. The Morgan fingerprint density at radius 2 is 2.17 bits per heavy atom. The van der Waals surface area contributed by atoms with Crippen molar-refractivity contribution in [2.24, 2.45) is 11.1 Å². The van der Waals surface area contributed by atoms with Gasteiger partial charge in [-0.2, -0.15) is 5.26 Å². The number of non-ortho nitro benzene ring substituents is 1. The average molecular weight is 406 g/mol. The molecule has 1 aliphatic carbocycles. The van der Waals surface area contributed by atoms with Crippen molar-refractivity contribution in [3.8, 4) is 11.8 Å². The van der Waals surface area contributed by atoms with E-state index in [1.807, 2.05) is 19.9 Å². The summed E-state index contributed by atoms with van der Waals surface area (Å²) in [6, 6.07) is 7.94. The van der Waals surface area contributed by atoms with Crippen LogP contribution in [0.15, 0.2) is 53.3 Å². The number of rotatable bonds is 3. The predicted octanol–water partition coefficient (Wildman–Crippen LogP) is 2.63. The van der Waals surface area contributed by atoms with Gasteiger partial charge in [-0.05, 0) is 11.5 Å². The van der Waals surface area contributed by atoms with Crippen LogP contribution >= 0.6 is 0 Å². The molecule has 1 unspecified atom stereocenters. The summed E-state index contributed by atoms with van der Waals surface area (Å²) in [5.74, 6) is -0.537. The topological polar surface area (TPSA) is 150 Å². The summed E-state index contributed by atoms with van der Waals surface area (Å²) < 4.78 is 7.01. The van der Waals surface area contributed by atoms with Gasteiger partial charge >= 0.3 is 0 Å². The number of Topliss-reactive ketones (excluding diaryl/α,β-unsaturated/α-hetero) is 1. The Balaban J connectivity index is 1.80. The summed E-state index contributed by atoms with van der Waals surface area (Å²) in [4.78, 5) is 23.5. The number of carbonyl (C=O) groups excluding carboxylic acids is 1. The molecule has 1 aromatic heterocycles. The molecule has 10 heteroatoms. The smallest absolute Gasteiger partial charge is 0.271 e. The lowest BCUT2D eigenvalue weighted by Gasteiger charge is -2.36. The first kappa shape index (κ1) is 19.3. The van der Waals surface area contributed by atoms with Gasteiger partial charge in [-0.1, -0.05) is 25.1 Å². The molecule has 1 aliphatic heterocycles. The normalized spacial score (nSPS) is 20.4. The molecule has 0 bridgehead atoms. The minimum absolute atomic E-state index is 0.0587. The summed E-state index contributed by atoms with van der Waals surface area (Å²) in [5.41, 5.74) is 6.83. The van der Waals surface area contributed by atoms with Crippen LogP contribution in [0.1, 0.15) is 38.3 Å². The first-order chi connectivity index (χ1) is 14.2. The quantitative estimate of drug-likeness (QED) is 0.603. The summed E-state index contributed by atoms with van der Waals surface area (Å²) in [7, 11) is 0. The summed E-state index contributed by atoms with van der Waals surface area (Å²) in [6.07, 6.45) is 2.35. The van der Waals surface area contributed by atoms with Crippen molar-refractivity contribution in [1.82, 2.24) is 15.0 Å².